The first-order valence-electron chi connectivity index (χ1n) is 5.49. The van der Waals surface area contributed by atoms with E-state index in [9.17, 15) is 0 Å². The largest absolute Gasteiger partial charge is 0.457 e. The zero-order chi connectivity index (χ0) is 11.2. The molecule has 0 aliphatic rings. The van der Waals surface area contributed by atoms with Gasteiger partial charge in [-0.2, -0.15) is 0 Å². The van der Waals surface area contributed by atoms with Crippen LogP contribution in [0.5, 0.6) is 11.5 Å². The van der Waals surface area contributed by atoms with E-state index in [-0.39, 0.29) is 0 Å². The standard InChI is InChI=1S/C14H15NO/c1-15-11-12-7-5-6-10-14(12)16-13-8-3-2-4-9-13/h2-10,15H,11H2,1H3/p+1. The smallest absolute Gasteiger partial charge is 0.136 e. The van der Waals surface area contributed by atoms with Gasteiger partial charge in [0.05, 0.1) is 7.05 Å². The molecule has 2 nitrogen and oxygen atoms in total. The number of quaternary nitrogens is 1. The van der Waals surface area contributed by atoms with Crippen molar-refractivity contribution < 1.29 is 10.1 Å². The van der Waals surface area contributed by atoms with Crippen LogP contribution in [0, 0.1) is 0 Å². The van der Waals surface area contributed by atoms with E-state index in [0.29, 0.717) is 0 Å². The summed E-state index contributed by atoms with van der Waals surface area (Å²) in [6.45, 7) is 0.934. The van der Waals surface area contributed by atoms with Crippen LogP contribution in [0.1, 0.15) is 5.56 Å². The van der Waals surface area contributed by atoms with Gasteiger partial charge >= 0.3 is 0 Å². The fraction of sp³-hybridized carbons (Fsp3) is 0.143. The number of para-hydroxylation sites is 2. The molecule has 0 amide bonds. The minimum absolute atomic E-state index is 0.881. The van der Waals surface area contributed by atoms with Crippen molar-refractivity contribution in [2.45, 2.75) is 6.54 Å². The molecular formula is C14H16NO+. The fourth-order valence-corrected chi connectivity index (χ4v) is 1.61. The van der Waals surface area contributed by atoms with Crippen LogP contribution in [0.2, 0.25) is 0 Å². The van der Waals surface area contributed by atoms with Gasteiger partial charge in [-0.15, -0.1) is 0 Å². The topological polar surface area (TPSA) is 25.8 Å². The highest BCUT2D eigenvalue weighted by molar-refractivity contribution is 5.37. The summed E-state index contributed by atoms with van der Waals surface area (Å²) in [5, 5.41) is 2.13. The SMILES string of the molecule is C[NH2+]Cc1ccccc1Oc1ccccc1. The normalized spacial score (nSPS) is 10.1. The summed E-state index contributed by atoms with van der Waals surface area (Å²) >= 11 is 0. The highest BCUT2D eigenvalue weighted by Crippen LogP contribution is 2.24. The minimum atomic E-state index is 0.881. The van der Waals surface area contributed by atoms with Crippen LogP contribution in [0.25, 0.3) is 0 Å². The first-order chi connectivity index (χ1) is 7.90. The first-order valence-corrected chi connectivity index (χ1v) is 5.49. The summed E-state index contributed by atoms with van der Waals surface area (Å²) in [6, 6.07) is 18.0. The average molecular weight is 214 g/mol. The number of hydrogen-bond donors (Lipinski definition) is 1. The van der Waals surface area contributed by atoms with E-state index in [0.717, 1.165) is 18.0 Å². The van der Waals surface area contributed by atoms with Gasteiger partial charge in [-0.05, 0) is 24.3 Å². The molecule has 0 heterocycles. The predicted octanol–water partition coefficient (Wildman–Crippen LogP) is 2.17. The van der Waals surface area contributed by atoms with Gasteiger partial charge < -0.3 is 10.1 Å². The first kappa shape index (κ1) is 10.7. The van der Waals surface area contributed by atoms with Crippen molar-refractivity contribution in [2.75, 3.05) is 7.05 Å². The molecule has 0 unspecified atom stereocenters. The molecule has 2 aromatic carbocycles. The third-order valence-electron chi connectivity index (χ3n) is 2.37. The monoisotopic (exact) mass is 214 g/mol. The maximum absolute atomic E-state index is 5.84. The van der Waals surface area contributed by atoms with Crippen LogP contribution >= 0.6 is 0 Å². The Bertz CT molecular complexity index is 439. The van der Waals surface area contributed by atoms with Crippen LogP contribution in [0.3, 0.4) is 0 Å². The van der Waals surface area contributed by atoms with Gasteiger partial charge in [0, 0.05) is 5.56 Å². The van der Waals surface area contributed by atoms with Crippen LogP contribution in [0.4, 0.5) is 0 Å². The number of rotatable bonds is 4. The van der Waals surface area contributed by atoms with Gasteiger partial charge in [0.2, 0.25) is 0 Å². The van der Waals surface area contributed by atoms with Crippen LogP contribution in [0.15, 0.2) is 54.6 Å². The molecule has 0 radical (unpaired) electrons. The molecule has 0 atom stereocenters. The third kappa shape index (κ3) is 2.61. The maximum atomic E-state index is 5.84. The summed E-state index contributed by atoms with van der Waals surface area (Å²) in [7, 11) is 2.05. The summed E-state index contributed by atoms with van der Waals surface area (Å²) in [5.74, 6) is 1.82. The van der Waals surface area contributed by atoms with Gasteiger partial charge in [-0.1, -0.05) is 30.3 Å². The zero-order valence-corrected chi connectivity index (χ0v) is 9.39. The van der Waals surface area contributed by atoms with E-state index in [1.54, 1.807) is 0 Å². The third-order valence-corrected chi connectivity index (χ3v) is 2.37. The van der Waals surface area contributed by atoms with E-state index in [1.165, 1.54) is 5.56 Å². The molecule has 0 bridgehead atoms. The van der Waals surface area contributed by atoms with Crippen molar-refractivity contribution >= 4 is 0 Å². The molecule has 0 aromatic heterocycles. The van der Waals surface area contributed by atoms with Crippen molar-refractivity contribution in [3.8, 4) is 11.5 Å². The number of hydrogen-bond acceptors (Lipinski definition) is 1. The van der Waals surface area contributed by atoms with Crippen molar-refractivity contribution in [1.29, 1.82) is 0 Å². The summed E-state index contributed by atoms with van der Waals surface area (Å²) in [4.78, 5) is 0. The van der Waals surface area contributed by atoms with Gasteiger partial charge in [0.1, 0.15) is 18.0 Å². The second-order valence-electron chi connectivity index (χ2n) is 3.64. The Morgan fingerprint density at radius 3 is 2.38 bits per heavy atom. The van der Waals surface area contributed by atoms with Gasteiger partial charge in [0.25, 0.3) is 0 Å². The summed E-state index contributed by atoms with van der Waals surface area (Å²) in [6.07, 6.45) is 0. The van der Waals surface area contributed by atoms with E-state index in [1.807, 2.05) is 48.5 Å². The van der Waals surface area contributed by atoms with Crippen molar-refractivity contribution in [1.82, 2.24) is 0 Å². The molecule has 2 rings (SSSR count). The van der Waals surface area contributed by atoms with E-state index < -0.39 is 0 Å². The average Bonchev–Trinajstić information content (AvgIpc) is 2.33. The molecule has 2 heteroatoms. The van der Waals surface area contributed by atoms with Gasteiger partial charge in [-0.3, -0.25) is 0 Å². The lowest BCUT2D eigenvalue weighted by Gasteiger charge is -2.09. The molecule has 0 aliphatic heterocycles. The Hall–Kier alpha value is -1.80. The Kier molecular flexibility index (Phi) is 3.57. The second kappa shape index (κ2) is 5.33. The Morgan fingerprint density at radius 2 is 1.62 bits per heavy atom. The second-order valence-corrected chi connectivity index (χ2v) is 3.64. The van der Waals surface area contributed by atoms with Gasteiger partial charge in [-0.25, -0.2) is 0 Å². The molecule has 0 aliphatic carbocycles. The molecular weight excluding hydrogens is 198 g/mol. The summed E-state index contributed by atoms with van der Waals surface area (Å²) in [5.41, 5.74) is 1.22. The summed E-state index contributed by atoms with van der Waals surface area (Å²) < 4.78 is 5.84. The van der Waals surface area contributed by atoms with E-state index in [4.69, 9.17) is 4.74 Å². The molecule has 2 N–H and O–H groups in total. The van der Waals surface area contributed by atoms with Crippen LogP contribution in [-0.4, -0.2) is 7.05 Å². The Labute approximate surface area is 95.9 Å². The van der Waals surface area contributed by atoms with Crippen LogP contribution in [-0.2, 0) is 6.54 Å². The van der Waals surface area contributed by atoms with Crippen molar-refractivity contribution in [3.05, 3.63) is 60.2 Å². The van der Waals surface area contributed by atoms with E-state index >= 15 is 0 Å². The molecule has 0 spiro atoms. The lowest BCUT2D eigenvalue weighted by molar-refractivity contribution is -0.643. The minimum Gasteiger partial charge on any atom is -0.457 e. The fourth-order valence-electron chi connectivity index (χ4n) is 1.61. The highest BCUT2D eigenvalue weighted by atomic mass is 16.5. The van der Waals surface area contributed by atoms with Crippen molar-refractivity contribution in [3.63, 3.8) is 0 Å². The number of ether oxygens (including phenoxy) is 1. The molecule has 0 fully saturated rings. The predicted molar refractivity (Wildman–Crippen MR) is 64.5 cm³/mol. The van der Waals surface area contributed by atoms with Crippen LogP contribution < -0.4 is 10.1 Å². The quantitative estimate of drug-likeness (QED) is 0.829. The zero-order valence-electron chi connectivity index (χ0n) is 9.39. The molecule has 16 heavy (non-hydrogen) atoms. The lowest BCUT2D eigenvalue weighted by atomic mass is 10.2. The Morgan fingerprint density at radius 1 is 0.938 bits per heavy atom. The molecule has 82 valence electrons. The Balaban J connectivity index is 2.21. The van der Waals surface area contributed by atoms with E-state index in [2.05, 4.69) is 18.4 Å². The molecule has 0 saturated carbocycles. The van der Waals surface area contributed by atoms with Crippen molar-refractivity contribution in [2.24, 2.45) is 0 Å². The maximum Gasteiger partial charge on any atom is 0.136 e. The van der Waals surface area contributed by atoms with Gasteiger partial charge in [0.15, 0.2) is 0 Å². The molecule has 0 saturated heterocycles. The molecule has 2 aromatic rings. The lowest BCUT2D eigenvalue weighted by Crippen LogP contribution is -2.77. The number of benzene rings is 2. The number of nitrogens with two attached hydrogens (primary N) is 1. The highest BCUT2D eigenvalue weighted by Gasteiger charge is 2.04.